The van der Waals surface area contributed by atoms with Gasteiger partial charge in [0.1, 0.15) is 6.10 Å². The van der Waals surface area contributed by atoms with Gasteiger partial charge in [0.2, 0.25) is 0 Å². The lowest BCUT2D eigenvalue weighted by Gasteiger charge is -2.47. The average molecular weight is 264 g/mol. The van der Waals surface area contributed by atoms with Crippen LogP contribution in [0.3, 0.4) is 0 Å². The Labute approximate surface area is 113 Å². The fourth-order valence-corrected chi connectivity index (χ4v) is 3.42. The first-order chi connectivity index (χ1) is 8.85. The van der Waals surface area contributed by atoms with E-state index in [1.807, 2.05) is 6.92 Å². The summed E-state index contributed by atoms with van der Waals surface area (Å²) in [5.74, 6) is -1.15. The van der Waals surface area contributed by atoms with Crippen LogP contribution >= 0.6 is 0 Å². The Hall–Kier alpha value is -1.39. The summed E-state index contributed by atoms with van der Waals surface area (Å²) >= 11 is 0. The molecule has 0 amide bonds. The SMILES string of the molecule is C=C[C@@]1(C)C[C@@H](O)[C@@H]2C(=C)C(=O)O[C@H]2[C@@H]1C(=C)CO. The molecular weight excluding hydrogens is 244 g/mol. The van der Waals surface area contributed by atoms with E-state index in [1.165, 1.54) is 0 Å². The van der Waals surface area contributed by atoms with Gasteiger partial charge in [-0.25, -0.2) is 4.79 Å². The van der Waals surface area contributed by atoms with Gasteiger partial charge < -0.3 is 14.9 Å². The van der Waals surface area contributed by atoms with E-state index in [9.17, 15) is 15.0 Å². The second kappa shape index (κ2) is 4.62. The van der Waals surface area contributed by atoms with E-state index in [2.05, 4.69) is 19.7 Å². The van der Waals surface area contributed by atoms with Crippen molar-refractivity contribution < 1.29 is 19.7 Å². The zero-order valence-electron chi connectivity index (χ0n) is 11.1. The summed E-state index contributed by atoms with van der Waals surface area (Å²) < 4.78 is 5.36. The minimum atomic E-state index is -0.699. The van der Waals surface area contributed by atoms with Gasteiger partial charge in [-0.15, -0.1) is 6.58 Å². The second-order valence-electron chi connectivity index (χ2n) is 5.70. The van der Waals surface area contributed by atoms with E-state index in [-0.39, 0.29) is 12.5 Å². The second-order valence-corrected chi connectivity index (χ2v) is 5.70. The number of fused-ring (bicyclic) bond motifs is 1. The highest BCUT2D eigenvalue weighted by Crippen LogP contribution is 2.52. The monoisotopic (exact) mass is 264 g/mol. The van der Waals surface area contributed by atoms with Crippen molar-refractivity contribution in [2.24, 2.45) is 17.3 Å². The average Bonchev–Trinajstić information content (AvgIpc) is 2.65. The van der Waals surface area contributed by atoms with Crippen LogP contribution in [0.25, 0.3) is 0 Å². The molecule has 1 saturated heterocycles. The molecule has 1 aliphatic carbocycles. The number of ether oxygens (including phenoxy) is 1. The molecule has 0 aromatic carbocycles. The Morgan fingerprint density at radius 3 is 2.79 bits per heavy atom. The Bertz CT molecular complexity index is 453. The van der Waals surface area contributed by atoms with Crippen molar-refractivity contribution in [2.75, 3.05) is 6.61 Å². The fourth-order valence-electron chi connectivity index (χ4n) is 3.42. The predicted octanol–water partition coefficient (Wildman–Crippen LogP) is 1.21. The van der Waals surface area contributed by atoms with Crippen molar-refractivity contribution in [3.63, 3.8) is 0 Å². The fraction of sp³-hybridized carbons (Fsp3) is 0.533. The largest absolute Gasteiger partial charge is 0.458 e. The first kappa shape index (κ1) is 14.0. The molecule has 2 aliphatic rings. The van der Waals surface area contributed by atoms with Gasteiger partial charge in [0.05, 0.1) is 18.6 Å². The molecule has 1 heterocycles. The first-order valence-electron chi connectivity index (χ1n) is 6.35. The van der Waals surface area contributed by atoms with Gasteiger partial charge in [0.15, 0.2) is 0 Å². The minimum absolute atomic E-state index is 0.183. The maximum atomic E-state index is 11.7. The summed E-state index contributed by atoms with van der Waals surface area (Å²) in [7, 11) is 0. The molecule has 0 radical (unpaired) electrons. The molecule has 0 bridgehead atoms. The quantitative estimate of drug-likeness (QED) is 0.457. The molecular formula is C15H20O4. The van der Waals surface area contributed by atoms with Gasteiger partial charge in [-0.05, 0) is 17.4 Å². The van der Waals surface area contributed by atoms with Crippen molar-refractivity contribution in [3.8, 4) is 0 Å². The van der Waals surface area contributed by atoms with E-state index >= 15 is 0 Å². The number of hydrogen-bond donors (Lipinski definition) is 2. The van der Waals surface area contributed by atoms with Gasteiger partial charge >= 0.3 is 5.97 Å². The normalized spacial score (nSPS) is 41.6. The molecule has 0 aromatic heterocycles. The van der Waals surface area contributed by atoms with E-state index < -0.39 is 29.5 Å². The van der Waals surface area contributed by atoms with Crippen molar-refractivity contribution in [2.45, 2.75) is 25.6 Å². The van der Waals surface area contributed by atoms with Crippen molar-refractivity contribution in [1.29, 1.82) is 0 Å². The summed E-state index contributed by atoms with van der Waals surface area (Å²) in [6.45, 7) is 13.1. The maximum Gasteiger partial charge on any atom is 0.334 e. The summed E-state index contributed by atoms with van der Waals surface area (Å²) in [5, 5.41) is 19.6. The van der Waals surface area contributed by atoms with E-state index in [4.69, 9.17) is 4.74 Å². The number of aliphatic hydroxyl groups excluding tert-OH is 2. The number of hydrogen-bond acceptors (Lipinski definition) is 4. The molecule has 0 aromatic rings. The third kappa shape index (κ3) is 1.95. The number of allylic oxidation sites excluding steroid dienone is 1. The van der Waals surface area contributed by atoms with Crippen LogP contribution in [0.1, 0.15) is 13.3 Å². The topological polar surface area (TPSA) is 66.8 Å². The summed E-state index contributed by atoms with van der Waals surface area (Å²) in [5.41, 5.74) is 0.428. The Balaban J connectivity index is 2.46. The standard InChI is InChI=1S/C15H20O4/c1-5-15(4)6-10(17)11-9(3)14(18)19-13(11)12(15)8(2)7-16/h5,10-13,16-17H,1-3,6-7H2,4H3/t10-,11+,12+,13-,15+/m1/s1. The number of carbonyl (C=O) groups is 1. The molecule has 1 aliphatic heterocycles. The van der Waals surface area contributed by atoms with E-state index in [0.29, 0.717) is 17.6 Å². The highest BCUT2D eigenvalue weighted by atomic mass is 16.6. The van der Waals surface area contributed by atoms with Gasteiger partial charge in [-0.2, -0.15) is 0 Å². The van der Waals surface area contributed by atoms with Crippen molar-refractivity contribution in [3.05, 3.63) is 37.0 Å². The van der Waals surface area contributed by atoms with Crippen LogP contribution in [0.5, 0.6) is 0 Å². The zero-order valence-corrected chi connectivity index (χ0v) is 11.1. The van der Waals surface area contributed by atoms with Crippen LogP contribution in [-0.2, 0) is 9.53 Å². The lowest BCUT2D eigenvalue weighted by molar-refractivity contribution is -0.146. The smallest absolute Gasteiger partial charge is 0.334 e. The summed E-state index contributed by atoms with van der Waals surface area (Å²) in [4.78, 5) is 11.7. The highest BCUT2D eigenvalue weighted by Gasteiger charge is 2.56. The Morgan fingerprint density at radius 2 is 2.26 bits per heavy atom. The lowest BCUT2D eigenvalue weighted by atomic mass is 9.59. The highest BCUT2D eigenvalue weighted by molar-refractivity contribution is 5.91. The van der Waals surface area contributed by atoms with Crippen LogP contribution < -0.4 is 0 Å². The van der Waals surface area contributed by atoms with Gasteiger partial charge in [-0.3, -0.25) is 0 Å². The lowest BCUT2D eigenvalue weighted by Crippen LogP contribution is -2.50. The molecule has 104 valence electrons. The molecule has 5 atom stereocenters. The molecule has 1 saturated carbocycles. The molecule has 2 rings (SSSR count). The van der Waals surface area contributed by atoms with Gasteiger partial charge in [0.25, 0.3) is 0 Å². The zero-order chi connectivity index (χ0) is 14.4. The minimum Gasteiger partial charge on any atom is -0.458 e. The van der Waals surface area contributed by atoms with Crippen LogP contribution in [0.2, 0.25) is 0 Å². The van der Waals surface area contributed by atoms with E-state index in [1.54, 1.807) is 6.08 Å². The van der Waals surface area contributed by atoms with Crippen molar-refractivity contribution in [1.82, 2.24) is 0 Å². The summed E-state index contributed by atoms with van der Waals surface area (Å²) in [6, 6.07) is 0. The number of rotatable bonds is 3. The molecule has 4 nitrogen and oxygen atoms in total. The van der Waals surface area contributed by atoms with Gasteiger partial charge in [0, 0.05) is 11.5 Å². The number of esters is 1. The molecule has 0 spiro atoms. The third-order valence-electron chi connectivity index (χ3n) is 4.47. The van der Waals surface area contributed by atoms with Crippen LogP contribution in [0, 0.1) is 17.3 Å². The first-order valence-corrected chi connectivity index (χ1v) is 6.35. The van der Waals surface area contributed by atoms with Crippen LogP contribution in [0.15, 0.2) is 37.0 Å². The van der Waals surface area contributed by atoms with Crippen LogP contribution in [0.4, 0.5) is 0 Å². The summed E-state index contributed by atoms with van der Waals surface area (Å²) in [6.07, 6.45) is 0.963. The van der Waals surface area contributed by atoms with E-state index in [0.717, 1.165) is 0 Å². The number of aliphatic hydroxyl groups is 2. The molecule has 2 N–H and O–H groups in total. The molecule has 0 unspecified atom stereocenters. The van der Waals surface area contributed by atoms with Crippen LogP contribution in [-0.4, -0.2) is 35.0 Å². The third-order valence-corrected chi connectivity index (χ3v) is 4.47. The Kier molecular flexibility index (Phi) is 3.41. The van der Waals surface area contributed by atoms with Crippen molar-refractivity contribution >= 4 is 5.97 Å². The molecule has 2 fully saturated rings. The van der Waals surface area contributed by atoms with Gasteiger partial charge in [-0.1, -0.05) is 26.2 Å². The predicted molar refractivity (Wildman–Crippen MR) is 71.2 cm³/mol. The Morgan fingerprint density at radius 1 is 1.63 bits per heavy atom. The molecule has 4 heteroatoms. The maximum absolute atomic E-state index is 11.7. The number of carbonyl (C=O) groups excluding carboxylic acids is 1. The molecule has 19 heavy (non-hydrogen) atoms.